The summed E-state index contributed by atoms with van der Waals surface area (Å²) >= 11 is 5.37. The zero-order chi connectivity index (χ0) is 20.6. The van der Waals surface area contributed by atoms with Gasteiger partial charge in [-0.3, -0.25) is 10.2 Å². The lowest BCUT2D eigenvalue weighted by molar-refractivity contribution is -0.137. The highest BCUT2D eigenvalue weighted by Gasteiger charge is 2.47. The van der Waals surface area contributed by atoms with Crippen LogP contribution in [-0.4, -0.2) is 21.9 Å². The van der Waals surface area contributed by atoms with Crippen molar-refractivity contribution < 1.29 is 9.90 Å². The predicted molar refractivity (Wildman–Crippen MR) is 122 cm³/mol. The normalized spacial score (nSPS) is 26.0. The molecular weight excluding hydrogens is 382 g/mol. The van der Waals surface area contributed by atoms with Gasteiger partial charge in [0.05, 0.1) is 0 Å². The van der Waals surface area contributed by atoms with Crippen molar-refractivity contribution in [3.8, 4) is 0 Å². The van der Waals surface area contributed by atoms with Gasteiger partial charge in [-0.25, -0.2) is 0 Å². The van der Waals surface area contributed by atoms with Gasteiger partial charge in [0.1, 0.15) is 0 Å². The van der Waals surface area contributed by atoms with Crippen LogP contribution in [0.2, 0.25) is 0 Å². The third-order valence-electron chi connectivity index (χ3n) is 6.27. The smallest absolute Gasteiger partial charge is 0.303 e. The zero-order valence-electron chi connectivity index (χ0n) is 17.0. The van der Waals surface area contributed by atoms with Crippen LogP contribution in [0.25, 0.3) is 0 Å². The Morgan fingerprint density at radius 1 is 1.24 bits per heavy atom. The predicted octanol–water partition coefficient (Wildman–Crippen LogP) is 5.21. The molecule has 29 heavy (non-hydrogen) atoms. The van der Waals surface area contributed by atoms with Gasteiger partial charge in [-0.2, -0.15) is 5.10 Å². The van der Waals surface area contributed by atoms with E-state index in [-0.39, 0.29) is 6.42 Å². The number of fused-ring (bicyclic) bond motifs is 2. The van der Waals surface area contributed by atoms with E-state index in [2.05, 4.69) is 34.9 Å². The largest absolute Gasteiger partial charge is 0.481 e. The number of hydrogen-bond donors (Lipinski definition) is 3. The first kappa shape index (κ1) is 21.5. The average molecular weight is 414 g/mol. The van der Waals surface area contributed by atoms with Gasteiger partial charge in [0.25, 0.3) is 0 Å². The second kappa shape index (κ2) is 10.5. The average Bonchev–Trinajstić information content (AvgIpc) is 3.31. The number of hydrazone groups is 1. The van der Waals surface area contributed by atoms with Crippen LogP contribution in [0.4, 0.5) is 5.69 Å². The summed E-state index contributed by atoms with van der Waals surface area (Å²) in [5.41, 5.74) is 5.10. The summed E-state index contributed by atoms with van der Waals surface area (Å²) in [6.07, 6.45) is 11.2. The standard InChI is InChI=1S/C23H31N3O2S/c1-16(25-26-23(29)24-19-9-5-4-6-10-19)22-18-14-13-17(15-18)20(22)11-7-2-3-8-12-21(27)28/h2,4-7,9-10,17-18,20,22H,3,8,11-15H2,1H3,(H,27,28)(H2,24,26,29)/b7-2-,25-16+/t17-,18+,20-,22?/m0/s1. The van der Waals surface area contributed by atoms with Crippen LogP contribution in [0.5, 0.6) is 0 Å². The van der Waals surface area contributed by atoms with E-state index in [1.54, 1.807) is 0 Å². The molecule has 0 saturated heterocycles. The minimum absolute atomic E-state index is 0.245. The number of hydrogen-bond acceptors (Lipinski definition) is 3. The number of carboxylic acid groups (broad SMARTS) is 1. The number of carboxylic acids is 1. The van der Waals surface area contributed by atoms with Gasteiger partial charge < -0.3 is 10.4 Å². The third-order valence-corrected chi connectivity index (χ3v) is 6.47. The first-order valence-electron chi connectivity index (χ1n) is 10.6. The summed E-state index contributed by atoms with van der Waals surface area (Å²) in [4.78, 5) is 10.6. The molecule has 2 aliphatic carbocycles. The molecule has 1 aromatic carbocycles. The van der Waals surface area contributed by atoms with Crippen molar-refractivity contribution in [3.63, 3.8) is 0 Å². The van der Waals surface area contributed by atoms with Gasteiger partial charge in [0, 0.05) is 23.7 Å². The highest BCUT2D eigenvalue weighted by molar-refractivity contribution is 7.80. The topological polar surface area (TPSA) is 73.7 Å². The highest BCUT2D eigenvalue weighted by Crippen LogP contribution is 2.54. The maximum Gasteiger partial charge on any atom is 0.303 e. The van der Waals surface area contributed by atoms with Crippen molar-refractivity contribution in [1.29, 1.82) is 0 Å². The molecule has 0 amide bonds. The lowest BCUT2D eigenvalue weighted by atomic mass is 9.75. The lowest BCUT2D eigenvalue weighted by Gasteiger charge is -2.30. The first-order chi connectivity index (χ1) is 14.0. The van der Waals surface area contributed by atoms with Crippen molar-refractivity contribution in [2.45, 2.75) is 51.9 Å². The fourth-order valence-electron chi connectivity index (χ4n) is 5.04. The van der Waals surface area contributed by atoms with E-state index in [0.29, 0.717) is 23.4 Å². The molecule has 0 aliphatic heterocycles. The van der Waals surface area contributed by atoms with Crippen molar-refractivity contribution in [2.24, 2.45) is 28.8 Å². The molecule has 0 spiro atoms. The van der Waals surface area contributed by atoms with Crippen LogP contribution >= 0.6 is 12.2 Å². The number of aliphatic carboxylic acids is 1. The molecule has 156 valence electrons. The van der Waals surface area contributed by atoms with Crippen LogP contribution in [0.3, 0.4) is 0 Å². The van der Waals surface area contributed by atoms with Crippen LogP contribution in [-0.2, 0) is 4.79 Å². The van der Waals surface area contributed by atoms with E-state index >= 15 is 0 Å². The number of benzene rings is 1. The van der Waals surface area contributed by atoms with Crippen molar-refractivity contribution >= 4 is 34.7 Å². The molecular formula is C23H31N3O2S. The molecule has 2 fully saturated rings. The number of allylic oxidation sites excluding steroid dienone is 2. The van der Waals surface area contributed by atoms with E-state index in [9.17, 15) is 4.79 Å². The zero-order valence-corrected chi connectivity index (χ0v) is 17.8. The molecule has 6 heteroatoms. The van der Waals surface area contributed by atoms with E-state index in [1.807, 2.05) is 30.3 Å². The summed E-state index contributed by atoms with van der Waals surface area (Å²) in [6, 6.07) is 9.85. The minimum atomic E-state index is -0.717. The van der Waals surface area contributed by atoms with E-state index < -0.39 is 5.97 Å². The molecule has 2 bridgehead atoms. The quantitative estimate of drug-likeness (QED) is 0.170. The number of carbonyl (C=O) groups is 1. The van der Waals surface area contributed by atoms with E-state index in [1.165, 1.54) is 19.3 Å². The van der Waals surface area contributed by atoms with Gasteiger partial charge in [-0.1, -0.05) is 30.4 Å². The van der Waals surface area contributed by atoms with Gasteiger partial charge in [-0.15, -0.1) is 0 Å². The Morgan fingerprint density at radius 2 is 2.00 bits per heavy atom. The lowest BCUT2D eigenvalue weighted by Crippen LogP contribution is -2.31. The highest BCUT2D eigenvalue weighted by atomic mass is 32.1. The number of para-hydroxylation sites is 1. The first-order valence-corrected chi connectivity index (χ1v) is 11.0. The molecule has 1 unspecified atom stereocenters. The van der Waals surface area contributed by atoms with Crippen molar-refractivity contribution in [3.05, 3.63) is 42.5 Å². The fourth-order valence-corrected chi connectivity index (χ4v) is 5.20. The molecule has 3 N–H and O–H groups in total. The Morgan fingerprint density at radius 3 is 2.76 bits per heavy atom. The number of nitrogens with zero attached hydrogens (tertiary/aromatic N) is 1. The minimum Gasteiger partial charge on any atom is -0.481 e. The summed E-state index contributed by atoms with van der Waals surface area (Å²) in [7, 11) is 0. The van der Waals surface area contributed by atoms with Gasteiger partial charge in [0.2, 0.25) is 0 Å². The fraction of sp³-hybridized carbons (Fsp3) is 0.522. The third kappa shape index (κ3) is 6.13. The molecule has 4 atom stereocenters. The van der Waals surface area contributed by atoms with Crippen LogP contribution in [0, 0.1) is 23.7 Å². The maximum absolute atomic E-state index is 10.6. The molecule has 0 aromatic heterocycles. The van der Waals surface area contributed by atoms with Crippen molar-refractivity contribution in [1.82, 2.24) is 5.43 Å². The molecule has 5 nitrogen and oxygen atoms in total. The Balaban J connectivity index is 1.52. The summed E-state index contributed by atoms with van der Waals surface area (Å²) in [5, 5.41) is 17.0. The van der Waals surface area contributed by atoms with Crippen LogP contribution in [0.1, 0.15) is 51.9 Å². The SMILES string of the molecule is C/C(=N\NC(=S)Nc1ccccc1)C1[C@@H]2CC[C@@H](C2)[C@@H]1C/C=C\CCCC(=O)O. The maximum atomic E-state index is 10.6. The van der Waals surface area contributed by atoms with Crippen LogP contribution in [0.15, 0.2) is 47.6 Å². The second-order valence-corrected chi connectivity index (χ2v) is 8.61. The number of thiocarbonyl (C=S) groups is 1. The Kier molecular flexibility index (Phi) is 7.81. The monoisotopic (exact) mass is 413 g/mol. The van der Waals surface area contributed by atoms with Gasteiger partial charge in [-0.05, 0) is 87.6 Å². The van der Waals surface area contributed by atoms with Gasteiger partial charge >= 0.3 is 5.97 Å². The molecule has 0 radical (unpaired) electrons. The number of unbranched alkanes of at least 4 members (excludes halogenated alkanes) is 1. The molecule has 2 aliphatic rings. The summed E-state index contributed by atoms with van der Waals surface area (Å²) in [5.74, 6) is 1.93. The second-order valence-electron chi connectivity index (χ2n) is 8.20. The Bertz CT molecular complexity index is 763. The van der Waals surface area contributed by atoms with Gasteiger partial charge in [0.15, 0.2) is 5.11 Å². The Hall–Kier alpha value is -2.21. The number of anilines is 1. The van der Waals surface area contributed by atoms with E-state index in [0.717, 1.165) is 36.1 Å². The van der Waals surface area contributed by atoms with Crippen LogP contribution < -0.4 is 10.7 Å². The molecule has 0 heterocycles. The summed E-state index contributed by atoms with van der Waals surface area (Å²) in [6.45, 7) is 2.12. The number of rotatable bonds is 9. The number of nitrogens with one attached hydrogen (secondary N) is 2. The molecule has 2 saturated carbocycles. The van der Waals surface area contributed by atoms with Crippen molar-refractivity contribution in [2.75, 3.05) is 5.32 Å². The van der Waals surface area contributed by atoms with E-state index in [4.69, 9.17) is 17.3 Å². The Labute approximate surface area is 178 Å². The summed E-state index contributed by atoms with van der Waals surface area (Å²) < 4.78 is 0. The molecule has 1 aromatic rings. The molecule has 3 rings (SSSR count).